The second-order valence-corrected chi connectivity index (χ2v) is 6.97. The number of hydrogen-bond donors (Lipinski definition) is 1. The van der Waals surface area contributed by atoms with Crippen LogP contribution in [0.2, 0.25) is 0 Å². The number of rotatable bonds is 2. The molecular weight excluding hydrogens is 319 g/mol. The topological polar surface area (TPSA) is 15.3 Å². The fraction of sp³-hybridized carbons (Fsp3) is 0.625. The Labute approximate surface area is 128 Å². The van der Waals surface area contributed by atoms with Gasteiger partial charge in [-0.25, -0.2) is 4.39 Å². The molecule has 1 N–H and O–H groups in total. The van der Waals surface area contributed by atoms with Gasteiger partial charge >= 0.3 is 0 Å². The first-order valence-corrected chi connectivity index (χ1v) is 8.39. The summed E-state index contributed by atoms with van der Waals surface area (Å²) in [5.41, 5.74) is 1.36. The van der Waals surface area contributed by atoms with Gasteiger partial charge in [0, 0.05) is 36.2 Å². The summed E-state index contributed by atoms with van der Waals surface area (Å²) in [6.45, 7) is 4.03. The molecule has 0 bridgehead atoms. The number of hydrogen-bond acceptors (Lipinski definition) is 2. The lowest BCUT2D eigenvalue weighted by molar-refractivity contribution is 0.0207. The van der Waals surface area contributed by atoms with Crippen LogP contribution >= 0.6 is 15.9 Å². The van der Waals surface area contributed by atoms with Gasteiger partial charge in [0.2, 0.25) is 0 Å². The lowest BCUT2D eigenvalue weighted by Crippen LogP contribution is -2.61. The largest absolute Gasteiger partial charge is 0.314 e. The van der Waals surface area contributed by atoms with Gasteiger partial charge in [-0.1, -0.05) is 35.2 Å². The Morgan fingerprint density at radius 1 is 1.25 bits per heavy atom. The maximum Gasteiger partial charge on any atom is 0.123 e. The molecule has 3 rings (SSSR count). The van der Waals surface area contributed by atoms with Crippen LogP contribution in [-0.4, -0.2) is 30.1 Å². The first-order chi connectivity index (χ1) is 9.70. The highest BCUT2D eigenvalue weighted by molar-refractivity contribution is 9.10. The Morgan fingerprint density at radius 3 is 2.85 bits per heavy atom. The van der Waals surface area contributed by atoms with E-state index < -0.39 is 0 Å². The normalized spacial score (nSPS) is 23.1. The van der Waals surface area contributed by atoms with Crippen LogP contribution in [-0.2, 0) is 6.54 Å². The third kappa shape index (κ3) is 2.92. The van der Waals surface area contributed by atoms with Crippen LogP contribution in [0.15, 0.2) is 22.7 Å². The molecule has 1 aliphatic carbocycles. The van der Waals surface area contributed by atoms with E-state index in [0.717, 1.165) is 36.2 Å². The average Bonchev–Trinajstić information content (AvgIpc) is 2.46. The zero-order valence-electron chi connectivity index (χ0n) is 11.8. The van der Waals surface area contributed by atoms with Gasteiger partial charge in [0.15, 0.2) is 0 Å². The van der Waals surface area contributed by atoms with Gasteiger partial charge < -0.3 is 5.32 Å². The van der Waals surface area contributed by atoms with E-state index in [-0.39, 0.29) is 5.82 Å². The van der Waals surface area contributed by atoms with E-state index in [9.17, 15) is 4.39 Å². The van der Waals surface area contributed by atoms with E-state index >= 15 is 0 Å². The smallest absolute Gasteiger partial charge is 0.123 e. The molecule has 2 aliphatic rings. The second-order valence-electron chi connectivity index (χ2n) is 6.12. The first kappa shape index (κ1) is 14.5. The van der Waals surface area contributed by atoms with Gasteiger partial charge in [0.1, 0.15) is 5.82 Å². The molecule has 1 aromatic carbocycles. The Bertz CT molecular complexity index is 463. The fourth-order valence-corrected chi connectivity index (χ4v) is 4.08. The van der Waals surface area contributed by atoms with Crippen molar-refractivity contribution in [1.82, 2.24) is 10.2 Å². The molecule has 20 heavy (non-hydrogen) atoms. The second kappa shape index (κ2) is 6.12. The molecule has 1 spiro atoms. The van der Waals surface area contributed by atoms with E-state index in [1.807, 2.05) is 6.07 Å². The highest BCUT2D eigenvalue weighted by Gasteiger charge is 2.39. The number of halogens is 2. The summed E-state index contributed by atoms with van der Waals surface area (Å²) in [5, 5.41) is 3.56. The zero-order valence-corrected chi connectivity index (χ0v) is 13.4. The van der Waals surface area contributed by atoms with Gasteiger partial charge in [0.25, 0.3) is 0 Å². The molecule has 1 aromatic rings. The molecule has 1 saturated carbocycles. The summed E-state index contributed by atoms with van der Waals surface area (Å²) in [7, 11) is 0. The quantitative estimate of drug-likeness (QED) is 0.883. The predicted molar refractivity (Wildman–Crippen MR) is 83.2 cm³/mol. The summed E-state index contributed by atoms with van der Waals surface area (Å²) in [6.07, 6.45) is 6.55. The molecule has 110 valence electrons. The van der Waals surface area contributed by atoms with E-state index in [2.05, 4.69) is 26.1 Å². The third-order valence-corrected chi connectivity index (χ3v) is 5.61. The van der Waals surface area contributed by atoms with Gasteiger partial charge in [0.05, 0.1) is 0 Å². The highest BCUT2D eigenvalue weighted by atomic mass is 79.9. The van der Waals surface area contributed by atoms with Crippen LogP contribution in [0.3, 0.4) is 0 Å². The molecule has 0 radical (unpaired) electrons. The number of piperazine rings is 1. The van der Waals surface area contributed by atoms with Gasteiger partial charge in [-0.3, -0.25) is 4.90 Å². The maximum atomic E-state index is 13.5. The van der Waals surface area contributed by atoms with Crippen molar-refractivity contribution in [2.45, 2.75) is 44.2 Å². The van der Waals surface area contributed by atoms with Crippen molar-refractivity contribution in [3.8, 4) is 0 Å². The van der Waals surface area contributed by atoms with Gasteiger partial charge in [-0.2, -0.15) is 0 Å². The molecule has 4 heteroatoms. The van der Waals surface area contributed by atoms with Crippen molar-refractivity contribution in [3.05, 3.63) is 34.1 Å². The van der Waals surface area contributed by atoms with Crippen LogP contribution < -0.4 is 5.32 Å². The average molecular weight is 341 g/mol. The molecule has 0 aromatic heterocycles. The Kier molecular flexibility index (Phi) is 4.43. The Hall–Kier alpha value is -0.450. The monoisotopic (exact) mass is 340 g/mol. The fourth-order valence-electron chi connectivity index (χ4n) is 3.70. The lowest BCUT2D eigenvalue weighted by Gasteiger charge is -2.50. The predicted octanol–water partition coefficient (Wildman–Crippen LogP) is 3.70. The lowest BCUT2D eigenvalue weighted by atomic mass is 9.79. The number of nitrogens with one attached hydrogen (secondary N) is 1. The summed E-state index contributed by atoms with van der Waals surface area (Å²) < 4.78 is 14.5. The van der Waals surface area contributed by atoms with Crippen molar-refractivity contribution < 1.29 is 4.39 Å². The number of nitrogens with zero attached hydrogens (tertiary/aromatic N) is 1. The van der Waals surface area contributed by atoms with Gasteiger partial charge in [-0.15, -0.1) is 0 Å². The minimum atomic E-state index is -0.143. The molecule has 2 fully saturated rings. The van der Waals surface area contributed by atoms with Crippen LogP contribution in [0.4, 0.5) is 4.39 Å². The molecule has 2 nitrogen and oxygen atoms in total. The van der Waals surface area contributed by atoms with Gasteiger partial charge in [-0.05, 0) is 36.6 Å². The van der Waals surface area contributed by atoms with Crippen LogP contribution in [0.5, 0.6) is 0 Å². The first-order valence-electron chi connectivity index (χ1n) is 7.59. The summed E-state index contributed by atoms with van der Waals surface area (Å²) in [4.78, 5) is 2.59. The molecule has 0 atom stereocenters. The minimum absolute atomic E-state index is 0.143. The molecule has 0 unspecified atom stereocenters. The Morgan fingerprint density at radius 2 is 2.05 bits per heavy atom. The van der Waals surface area contributed by atoms with E-state index in [1.54, 1.807) is 6.07 Å². The van der Waals surface area contributed by atoms with Crippen LogP contribution in [0, 0.1) is 5.82 Å². The van der Waals surface area contributed by atoms with Crippen LogP contribution in [0.1, 0.15) is 37.7 Å². The molecule has 1 heterocycles. The number of benzene rings is 1. The summed E-state index contributed by atoms with van der Waals surface area (Å²) in [6, 6.07) is 5.00. The van der Waals surface area contributed by atoms with Crippen molar-refractivity contribution in [2.75, 3.05) is 19.6 Å². The molecular formula is C16H22BrFN2. The summed E-state index contributed by atoms with van der Waals surface area (Å²) in [5.74, 6) is -0.143. The third-order valence-electron chi connectivity index (χ3n) is 4.84. The molecule has 0 amide bonds. The van der Waals surface area contributed by atoms with E-state index in [1.165, 1.54) is 38.2 Å². The molecule has 1 saturated heterocycles. The van der Waals surface area contributed by atoms with Crippen molar-refractivity contribution >= 4 is 15.9 Å². The minimum Gasteiger partial charge on any atom is -0.314 e. The van der Waals surface area contributed by atoms with Crippen molar-refractivity contribution in [2.24, 2.45) is 0 Å². The van der Waals surface area contributed by atoms with Crippen LogP contribution in [0.25, 0.3) is 0 Å². The molecule has 1 aliphatic heterocycles. The van der Waals surface area contributed by atoms with E-state index in [0.29, 0.717) is 5.54 Å². The van der Waals surface area contributed by atoms with Crippen molar-refractivity contribution in [1.29, 1.82) is 0 Å². The SMILES string of the molecule is Fc1ccc(Br)c(CN2CCNCC23CCCCC3)c1. The van der Waals surface area contributed by atoms with E-state index in [4.69, 9.17) is 0 Å². The standard InChI is InChI=1S/C16H22BrFN2/c17-15-5-4-14(18)10-13(15)11-20-9-8-19-12-16(20)6-2-1-3-7-16/h4-5,10,19H,1-3,6-9,11-12H2. The highest BCUT2D eigenvalue weighted by Crippen LogP contribution is 2.36. The maximum absolute atomic E-state index is 13.5. The van der Waals surface area contributed by atoms with Crippen molar-refractivity contribution in [3.63, 3.8) is 0 Å². The Balaban J connectivity index is 1.81. The zero-order chi connectivity index (χ0) is 14.0. The summed E-state index contributed by atoms with van der Waals surface area (Å²) >= 11 is 3.56.